The molecule has 0 radical (unpaired) electrons. The van der Waals surface area contributed by atoms with Crippen molar-refractivity contribution < 1.29 is 19.1 Å². The first-order chi connectivity index (χ1) is 14.8. The molecule has 1 aliphatic carbocycles. The number of fused-ring (bicyclic) bond motifs is 1. The van der Waals surface area contributed by atoms with Crippen LogP contribution in [0.3, 0.4) is 0 Å². The summed E-state index contributed by atoms with van der Waals surface area (Å²) in [4.78, 5) is 38.8. The summed E-state index contributed by atoms with van der Waals surface area (Å²) in [5.41, 5.74) is 2.27. The van der Waals surface area contributed by atoms with Gasteiger partial charge in [-0.1, -0.05) is 6.92 Å². The van der Waals surface area contributed by atoms with E-state index in [0.717, 1.165) is 29.7 Å². The number of anilines is 2. The Bertz CT molecular complexity index is 969. The molecule has 0 saturated carbocycles. The van der Waals surface area contributed by atoms with Gasteiger partial charge in [-0.05, 0) is 68.9 Å². The molecule has 3 rings (SSSR count). The highest BCUT2D eigenvalue weighted by atomic mass is 32.2. The molecule has 1 aromatic heterocycles. The summed E-state index contributed by atoms with van der Waals surface area (Å²) < 4.78 is 5.28. The summed E-state index contributed by atoms with van der Waals surface area (Å²) in [5.74, 6) is -0.0786. The van der Waals surface area contributed by atoms with Gasteiger partial charge in [-0.2, -0.15) is 0 Å². The molecule has 2 unspecified atom stereocenters. The summed E-state index contributed by atoms with van der Waals surface area (Å²) in [6.45, 7) is 7.59. The van der Waals surface area contributed by atoms with E-state index >= 15 is 0 Å². The van der Waals surface area contributed by atoms with Gasteiger partial charge in [0.25, 0.3) is 0 Å². The second kappa shape index (κ2) is 10.3. The van der Waals surface area contributed by atoms with E-state index in [0.29, 0.717) is 28.8 Å². The third-order valence-corrected chi connectivity index (χ3v) is 7.37. The predicted molar refractivity (Wildman–Crippen MR) is 126 cm³/mol. The molecule has 0 saturated heterocycles. The van der Waals surface area contributed by atoms with Crippen molar-refractivity contribution >= 4 is 51.6 Å². The monoisotopic (exact) mass is 460 g/mol. The molecular formula is C23H28N2O4S2. The van der Waals surface area contributed by atoms with Gasteiger partial charge < -0.3 is 15.4 Å². The SMILES string of the molecule is CCOC(=O)c1c(NC(=O)C(C)Sc2ccc(NC(C)=O)cc2)sc2c1CCC(C)C2. The quantitative estimate of drug-likeness (QED) is 0.442. The van der Waals surface area contributed by atoms with Gasteiger partial charge in [0, 0.05) is 22.4 Å². The van der Waals surface area contributed by atoms with Crippen LogP contribution in [-0.4, -0.2) is 29.6 Å². The normalized spacial score (nSPS) is 16.2. The van der Waals surface area contributed by atoms with Crippen LogP contribution in [0.25, 0.3) is 0 Å². The molecule has 8 heteroatoms. The lowest BCUT2D eigenvalue weighted by molar-refractivity contribution is -0.115. The number of amides is 2. The summed E-state index contributed by atoms with van der Waals surface area (Å²) >= 11 is 2.92. The van der Waals surface area contributed by atoms with Gasteiger partial charge in [0.05, 0.1) is 17.4 Å². The predicted octanol–water partition coefficient (Wildman–Crippen LogP) is 5.13. The van der Waals surface area contributed by atoms with Crippen molar-refractivity contribution in [1.82, 2.24) is 0 Å². The van der Waals surface area contributed by atoms with E-state index in [9.17, 15) is 14.4 Å². The van der Waals surface area contributed by atoms with Crippen molar-refractivity contribution in [2.75, 3.05) is 17.2 Å². The minimum absolute atomic E-state index is 0.126. The second-order valence-corrected chi connectivity index (χ2v) is 10.3. The Hall–Kier alpha value is -2.32. The van der Waals surface area contributed by atoms with Gasteiger partial charge in [-0.25, -0.2) is 4.79 Å². The van der Waals surface area contributed by atoms with Crippen molar-refractivity contribution in [3.63, 3.8) is 0 Å². The molecule has 1 aliphatic rings. The first kappa shape index (κ1) is 23.3. The van der Waals surface area contributed by atoms with Gasteiger partial charge in [-0.3, -0.25) is 9.59 Å². The first-order valence-corrected chi connectivity index (χ1v) is 12.1. The largest absolute Gasteiger partial charge is 0.462 e. The Morgan fingerprint density at radius 3 is 2.58 bits per heavy atom. The molecule has 1 heterocycles. The molecule has 0 aliphatic heterocycles. The number of ether oxygens (including phenoxy) is 1. The van der Waals surface area contributed by atoms with Crippen molar-refractivity contribution in [1.29, 1.82) is 0 Å². The molecule has 0 spiro atoms. The van der Waals surface area contributed by atoms with Crippen LogP contribution in [0.2, 0.25) is 0 Å². The number of thioether (sulfide) groups is 1. The number of benzene rings is 1. The zero-order valence-electron chi connectivity index (χ0n) is 18.2. The molecule has 6 nitrogen and oxygen atoms in total. The average molecular weight is 461 g/mol. The molecule has 2 N–H and O–H groups in total. The highest BCUT2D eigenvalue weighted by molar-refractivity contribution is 8.00. The summed E-state index contributed by atoms with van der Waals surface area (Å²) in [5, 5.41) is 5.94. The smallest absolute Gasteiger partial charge is 0.341 e. The maximum Gasteiger partial charge on any atom is 0.341 e. The third-order valence-electron chi connectivity index (χ3n) is 5.08. The summed E-state index contributed by atoms with van der Waals surface area (Å²) in [7, 11) is 0. The Morgan fingerprint density at radius 2 is 1.94 bits per heavy atom. The molecule has 2 amide bonds. The van der Waals surface area contributed by atoms with Crippen LogP contribution in [-0.2, 0) is 27.2 Å². The minimum Gasteiger partial charge on any atom is -0.462 e. The lowest BCUT2D eigenvalue weighted by Crippen LogP contribution is -2.23. The summed E-state index contributed by atoms with van der Waals surface area (Å²) in [6, 6.07) is 7.35. The van der Waals surface area contributed by atoms with Gasteiger partial charge in [0.2, 0.25) is 11.8 Å². The molecule has 1 aromatic carbocycles. The van der Waals surface area contributed by atoms with Gasteiger partial charge in [0.15, 0.2) is 0 Å². The lowest BCUT2D eigenvalue weighted by atomic mass is 9.88. The zero-order chi connectivity index (χ0) is 22.5. The molecule has 2 aromatic rings. The molecule has 0 fully saturated rings. The first-order valence-electron chi connectivity index (χ1n) is 10.4. The Kier molecular flexibility index (Phi) is 7.78. The van der Waals surface area contributed by atoms with Crippen molar-refractivity contribution in [3.05, 3.63) is 40.3 Å². The van der Waals surface area contributed by atoms with Crippen molar-refractivity contribution in [3.8, 4) is 0 Å². The number of nitrogens with one attached hydrogen (secondary N) is 2. The standard InChI is InChI=1S/C23H28N2O4S2/c1-5-29-23(28)20-18-11-6-13(2)12-19(18)31-22(20)25-21(27)14(3)30-17-9-7-16(8-10-17)24-15(4)26/h7-10,13-14H,5-6,11-12H2,1-4H3,(H,24,26)(H,25,27). The van der Waals surface area contributed by atoms with E-state index in [1.54, 1.807) is 6.92 Å². The number of hydrogen-bond acceptors (Lipinski definition) is 6. The van der Waals surface area contributed by atoms with E-state index < -0.39 is 0 Å². The highest BCUT2D eigenvalue weighted by Crippen LogP contribution is 2.40. The number of carbonyl (C=O) groups excluding carboxylic acids is 3. The maximum absolute atomic E-state index is 12.9. The Labute approximate surface area is 191 Å². The van der Waals surface area contributed by atoms with Crippen LogP contribution in [0.15, 0.2) is 29.2 Å². The van der Waals surface area contributed by atoms with Crippen LogP contribution in [0.1, 0.15) is 54.9 Å². The Balaban J connectivity index is 1.73. The number of thiophene rings is 1. The van der Waals surface area contributed by atoms with E-state index in [1.165, 1.54) is 34.9 Å². The molecule has 31 heavy (non-hydrogen) atoms. The van der Waals surface area contributed by atoms with Crippen LogP contribution in [0.4, 0.5) is 10.7 Å². The van der Waals surface area contributed by atoms with Crippen LogP contribution in [0, 0.1) is 5.92 Å². The zero-order valence-corrected chi connectivity index (χ0v) is 19.9. The van der Waals surface area contributed by atoms with Gasteiger partial charge >= 0.3 is 5.97 Å². The van der Waals surface area contributed by atoms with Gasteiger partial charge in [0.1, 0.15) is 5.00 Å². The molecular weight excluding hydrogens is 432 g/mol. The van der Waals surface area contributed by atoms with Gasteiger partial charge in [-0.15, -0.1) is 23.1 Å². The number of esters is 1. The fraction of sp³-hybridized carbons (Fsp3) is 0.435. The van der Waals surface area contributed by atoms with Crippen LogP contribution >= 0.6 is 23.1 Å². The van der Waals surface area contributed by atoms with E-state index in [2.05, 4.69) is 17.6 Å². The van der Waals surface area contributed by atoms with Crippen LogP contribution < -0.4 is 10.6 Å². The second-order valence-electron chi connectivity index (χ2n) is 7.73. The maximum atomic E-state index is 12.9. The molecule has 2 atom stereocenters. The Morgan fingerprint density at radius 1 is 1.23 bits per heavy atom. The fourth-order valence-corrected chi connectivity index (χ4v) is 5.82. The topological polar surface area (TPSA) is 84.5 Å². The fourth-order valence-electron chi connectivity index (χ4n) is 3.55. The van der Waals surface area contributed by atoms with Crippen molar-refractivity contribution in [2.45, 2.75) is 57.1 Å². The van der Waals surface area contributed by atoms with E-state index in [1.807, 2.05) is 31.2 Å². The van der Waals surface area contributed by atoms with E-state index in [4.69, 9.17) is 4.74 Å². The minimum atomic E-state index is -0.362. The van der Waals surface area contributed by atoms with E-state index in [-0.39, 0.29) is 23.0 Å². The molecule has 166 valence electrons. The lowest BCUT2D eigenvalue weighted by Gasteiger charge is -2.18. The number of rotatable bonds is 7. The number of hydrogen-bond donors (Lipinski definition) is 2. The summed E-state index contributed by atoms with van der Waals surface area (Å²) in [6.07, 6.45) is 2.79. The highest BCUT2D eigenvalue weighted by Gasteiger charge is 2.29. The third kappa shape index (κ3) is 5.89. The van der Waals surface area contributed by atoms with Crippen molar-refractivity contribution in [2.24, 2.45) is 5.92 Å². The van der Waals surface area contributed by atoms with Crippen LogP contribution in [0.5, 0.6) is 0 Å². The molecule has 0 bridgehead atoms. The number of carbonyl (C=O) groups is 3. The average Bonchev–Trinajstić information content (AvgIpc) is 3.06.